The lowest BCUT2D eigenvalue weighted by atomic mass is 10.2. The van der Waals surface area contributed by atoms with Gasteiger partial charge in [-0.2, -0.15) is 0 Å². The Labute approximate surface area is 114 Å². The molecule has 0 aliphatic rings. The largest absolute Gasteiger partial charge is 0.479 e. The maximum Gasteiger partial charge on any atom is 0.358 e. The molecule has 0 radical (unpaired) electrons. The van der Waals surface area contributed by atoms with Gasteiger partial charge in [-0.3, -0.25) is 14.8 Å². The molecular formula is C13H13N3O4. The van der Waals surface area contributed by atoms with Gasteiger partial charge in [0.1, 0.15) is 0 Å². The van der Waals surface area contributed by atoms with Crippen LogP contribution in [0.1, 0.15) is 17.4 Å². The molecule has 0 aliphatic heterocycles. The van der Waals surface area contributed by atoms with Crippen molar-refractivity contribution in [3.8, 4) is 17.1 Å². The summed E-state index contributed by atoms with van der Waals surface area (Å²) < 4.78 is 9.75. The fraction of sp³-hybridized carbons (Fsp3) is 0.231. The van der Waals surface area contributed by atoms with Crippen molar-refractivity contribution in [2.24, 2.45) is 0 Å². The van der Waals surface area contributed by atoms with E-state index in [1.165, 1.54) is 19.5 Å². The zero-order valence-electron chi connectivity index (χ0n) is 11.0. The van der Waals surface area contributed by atoms with Crippen molar-refractivity contribution in [1.29, 1.82) is 0 Å². The van der Waals surface area contributed by atoms with Crippen molar-refractivity contribution in [2.45, 2.75) is 6.92 Å². The van der Waals surface area contributed by atoms with Crippen LogP contribution in [-0.4, -0.2) is 34.6 Å². The summed E-state index contributed by atoms with van der Waals surface area (Å²) in [7, 11) is 1.25. The number of H-pyrrole nitrogens is 1. The molecule has 2 heterocycles. The molecule has 0 fully saturated rings. The molecule has 0 saturated carbocycles. The van der Waals surface area contributed by atoms with E-state index in [-0.39, 0.29) is 16.9 Å². The number of aromatic amines is 1. The van der Waals surface area contributed by atoms with Gasteiger partial charge in [0.15, 0.2) is 11.6 Å². The summed E-state index contributed by atoms with van der Waals surface area (Å²) in [6, 6.07) is 3.18. The Balaban J connectivity index is 2.41. The van der Waals surface area contributed by atoms with Crippen LogP contribution in [-0.2, 0) is 4.74 Å². The third-order valence-electron chi connectivity index (χ3n) is 2.49. The van der Waals surface area contributed by atoms with Crippen LogP contribution in [0.2, 0.25) is 0 Å². The van der Waals surface area contributed by atoms with Crippen LogP contribution in [0.4, 0.5) is 0 Å². The SMILES string of the molecule is CCOc1ccc(-c2cncc(C(=O)OC)n2)c(=O)[nH]1. The minimum atomic E-state index is -0.610. The van der Waals surface area contributed by atoms with Crippen molar-refractivity contribution in [3.05, 3.63) is 40.6 Å². The number of carbonyl (C=O) groups is 1. The Morgan fingerprint density at radius 1 is 1.35 bits per heavy atom. The molecule has 0 unspecified atom stereocenters. The lowest BCUT2D eigenvalue weighted by molar-refractivity contribution is 0.0593. The molecule has 7 nitrogen and oxygen atoms in total. The van der Waals surface area contributed by atoms with Gasteiger partial charge in [-0.1, -0.05) is 0 Å². The number of pyridine rings is 1. The lowest BCUT2D eigenvalue weighted by Crippen LogP contribution is -2.13. The number of rotatable bonds is 4. The zero-order chi connectivity index (χ0) is 14.5. The number of methoxy groups -OCH3 is 1. The molecule has 1 N–H and O–H groups in total. The molecule has 0 saturated heterocycles. The maximum atomic E-state index is 11.9. The van der Waals surface area contributed by atoms with Gasteiger partial charge in [0, 0.05) is 0 Å². The fourth-order valence-corrected chi connectivity index (χ4v) is 1.60. The number of nitrogens with zero attached hydrogens (tertiary/aromatic N) is 2. The van der Waals surface area contributed by atoms with E-state index in [1.54, 1.807) is 12.1 Å². The number of hydrogen-bond acceptors (Lipinski definition) is 6. The summed E-state index contributed by atoms with van der Waals surface area (Å²) in [5, 5.41) is 0. The third-order valence-corrected chi connectivity index (χ3v) is 2.49. The van der Waals surface area contributed by atoms with Crippen LogP contribution in [0.25, 0.3) is 11.3 Å². The Morgan fingerprint density at radius 2 is 2.15 bits per heavy atom. The summed E-state index contributed by atoms with van der Waals surface area (Å²) in [5.74, 6) is -0.236. The number of esters is 1. The number of ether oxygens (including phenoxy) is 2. The summed E-state index contributed by atoms with van der Waals surface area (Å²) in [6.45, 7) is 2.27. The summed E-state index contributed by atoms with van der Waals surface area (Å²) in [5.41, 5.74) is 0.259. The minimum Gasteiger partial charge on any atom is -0.479 e. The number of aromatic nitrogens is 3. The van der Waals surface area contributed by atoms with Gasteiger partial charge in [0.2, 0.25) is 0 Å². The monoisotopic (exact) mass is 275 g/mol. The zero-order valence-corrected chi connectivity index (χ0v) is 11.0. The van der Waals surface area contributed by atoms with E-state index in [0.29, 0.717) is 18.1 Å². The highest BCUT2D eigenvalue weighted by Crippen LogP contribution is 2.14. The van der Waals surface area contributed by atoms with Gasteiger partial charge < -0.3 is 9.47 Å². The van der Waals surface area contributed by atoms with E-state index < -0.39 is 5.97 Å². The molecule has 2 aromatic heterocycles. The van der Waals surface area contributed by atoms with Gasteiger partial charge in [-0.05, 0) is 19.1 Å². The molecule has 0 spiro atoms. The van der Waals surface area contributed by atoms with E-state index in [0.717, 1.165) is 0 Å². The van der Waals surface area contributed by atoms with E-state index in [2.05, 4.69) is 19.7 Å². The predicted molar refractivity (Wildman–Crippen MR) is 70.6 cm³/mol. The summed E-state index contributed by atoms with van der Waals surface area (Å²) >= 11 is 0. The summed E-state index contributed by atoms with van der Waals surface area (Å²) in [6.07, 6.45) is 2.68. The molecular weight excluding hydrogens is 262 g/mol. The van der Waals surface area contributed by atoms with Gasteiger partial charge in [0.25, 0.3) is 5.56 Å². The third kappa shape index (κ3) is 2.82. The minimum absolute atomic E-state index is 0.0401. The molecule has 20 heavy (non-hydrogen) atoms. The average molecular weight is 275 g/mol. The van der Waals surface area contributed by atoms with Crippen LogP contribution < -0.4 is 10.3 Å². The van der Waals surface area contributed by atoms with Crippen LogP contribution >= 0.6 is 0 Å². The number of nitrogens with one attached hydrogen (secondary N) is 1. The second-order valence-corrected chi connectivity index (χ2v) is 3.78. The van der Waals surface area contributed by atoms with Gasteiger partial charge in [0.05, 0.1) is 37.4 Å². The first-order valence-corrected chi connectivity index (χ1v) is 5.92. The molecule has 0 aromatic carbocycles. The van der Waals surface area contributed by atoms with Crippen LogP contribution in [0.5, 0.6) is 5.88 Å². The molecule has 0 bridgehead atoms. The Bertz CT molecular complexity index is 681. The first-order valence-electron chi connectivity index (χ1n) is 5.92. The molecule has 2 aromatic rings. The van der Waals surface area contributed by atoms with Crippen LogP contribution in [0.3, 0.4) is 0 Å². The van der Waals surface area contributed by atoms with Gasteiger partial charge >= 0.3 is 5.97 Å². The van der Waals surface area contributed by atoms with E-state index >= 15 is 0 Å². The fourth-order valence-electron chi connectivity index (χ4n) is 1.60. The lowest BCUT2D eigenvalue weighted by Gasteiger charge is -2.05. The average Bonchev–Trinajstić information content (AvgIpc) is 2.47. The van der Waals surface area contributed by atoms with Crippen molar-refractivity contribution < 1.29 is 14.3 Å². The Kier molecular flexibility index (Phi) is 4.09. The molecule has 104 valence electrons. The standard InChI is InChI=1S/C13H13N3O4/c1-3-20-11-5-4-8(12(17)16-11)9-6-14-7-10(15-9)13(18)19-2/h4-7H,3H2,1-2H3,(H,16,17). The topological polar surface area (TPSA) is 94.2 Å². The Morgan fingerprint density at radius 3 is 2.80 bits per heavy atom. The highest BCUT2D eigenvalue weighted by atomic mass is 16.5. The first-order chi connectivity index (χ1) is 9.65. The molecule has 7 heteroatoms. The smallest absolute Gasteiger partial charge is 0.358 e. The van der Waals surface area contributed by atoms with Crippen molar-refractivity contribution in [1.82, 2.24) is 15.0 Å². The van der Waals surface area contributed by atoms with Crippen molar-refractivity contribution >= 4 is 5.97 Å². The quantitative estimate of drug-likeness (QED) is 0.837. The van der Waals surface area contributed by atoms with E-state index in [1.807, 2.05) is 6.92 Å². The van der Waals surface area contributed by atoms with E-state index in [9.17, 15) is 9.59 Å². The van der Waals surface area contributed by atoms with Crippen LogP contribution in [0.15, 0.2) is 29.3 Å². The van der Waals surface area contributed by atoms with Gasteiger partial charge in [-0.15, -0.1) is 0 Å². The number of carbonyl (C=O) groups excluding carboxylic acids is 1. The normalized spacial score (nSPS) is 10.1. The molecule has 0 atom stereocenters. The highest BCUT2D eigenvalue weighted by molar-refractivity contribution is 5.87. The highest BCUT2D eigenvalue weighted by Gasteiger charge is 2.12. The van der Waals surface area contributed by atoms with Gasteiger partial charge in [-0.25, -0.2) is 9.78 Å². The molecule has 0 aliphatic carbocycles. The maximum absolute atomic E-state index is 11.9. The Hall–Kier alpha value is -2.70. The molecule has 2 rings (SSSR count). The summed E-state index contributed by atoms with van der Waals surface area (Å²) in [4.78, 5) is 33.8. The van der Waals surface area contributed by atoms with Crippen molar-refractivity contribution in [3.63, 3.8) is 0 Å². The second kappa shape index (κ2) is 5.96. The first kappa shape index (κ1) is 13.7. The number of hydrogen-bond donors (Lipinski definition) is 1. The predicted octanol–water partition coefficient (Wildman–Crippen LogP) is 1.02. The van der Waals surface area contributed by atoms with E-state index in [4.69, 9.17) is 4.74 Å². The van der Waals surface area contributed by atoms with Crippen LogP contribution in [0, 0.1) is 0 Å². The van der Waals surface area contributed by atoms with Crippen molar-refractivity contribution in [2.75, 3.05) is 13.7 Å². The second-order valence-electron chi connectivity index (χ2n) is 3.78. The molecule has 0 amide bonds.